The Hall–Kier alpha value is -2.15. The Morgan fingerprint density at radius 3 is 2.74 bits per heavy atom. The van der Waals surface area contributed by atoms with E-state index >= 15 is 0 Å². The van der Waals surface area contributed by atoms with E-state index < -0.39 is 12.0 Å². The summed E-state index contributed by atoms with van der Waals surface area (Å²) in [5.74, 6) is -0.164. The maximum atomic E-state index is 12.1. The van der Waals surface area contributed by atoms with Gasteiger partial charge in [-0.2, -0.15) is 0 Å². The third-order valence-electron chi connectivity index (χ3n) is 3.29. The normalized spacial score (nSPS) is 12.3. The Bertz CT molecular complexity index is 676. The van der Waals surface area contributed by atoms with Gasteiger partial charge in [-0.25, -0.2) is 9.78 Å². The number of thiophene rings is 1. The van der Waals surface area contributed by atoms with Crippen LogP contribution in [0, 0.1) is 12.8 Å². The highest BCUT2D eigenvalue weighted by molar-refractivity contribution is 7.13. The van der Waals surface area contributed by atoms with Crippen LogP contribution in [0.25, 0.3) is 10.8 Å². The molecule has 2 N–H and O–H groups in total. The average molecular weight is 336 g/mol. The number of nitrogens with one attached hydrogen (secondary N) is 1. The summed E-state index contributed by atoms with van der Waals surface area (Å²) in [7, 11) is 0. The number of carbonyl (C=O) groups is 2. The van der Waals surface area contributed by atoms with Crippen molar-refractivity contribution in [1.82, 2.24) is 10.3 Å². The minimum Gasteiger partial charge on any atom is -0.480 e. The predicted molar refractivity (Wildman–Crippen MR) is 87.3 cm³/mol. The van der Waals surface area contributed by atoms with Gasteiger partial charge in [0.25, 0.3) is 0 Å². The lowest BCUT2D eigenvalue weighted by Crippen LogP contribution is -2.42. The number of aromatic nitrogens is 1. The van der Waals surface area contributed by atoms with Gasteiger partial charge in [-0.15, -0.1) is 11.3 Å². The van der Waals surface area contributed by atoms with Gasteiger partial charge in [-0.1, -0.05) is 19.9 Å². The molecule has 2 heterocycles. The summed E-state index contributed by atoms with van der Waals surface area (Å²) in [5, 5.41) is 13.6. The van der Waals surface area contributed by atoms with Gasteiger partial charge >= 0.3 is 5.97 Å². The van der Waals surface area contributed by atoms with Crippen molar-refractivity contribution in [2.45, 2.75) is 39.7 Å². The average Bonchev–Trinajstić information content (AvgIpc) is 3.08. The van der Waals surface area contributed by atoms with Gasteiger partial charge in [-0.05, 0) is 30.7 Å². The predicted octanol–water partition coefficient (Wildman–Crippen LogP) is 2.87. The molecular formula is C16H20N2O4S. The van der Waals surface area contributed by atoms with Crippen LogP contribution in [0.3, 0.4) is 0 Å². The summed E-state index contributed by atoms with van der Waals surface area (Å²) in [6.07, 6.45) is 0.391. The zero-order valence-corrected chi connectivity index (χ0v) is 14.1. The second kappa shape index (κ2) is 7.41. The SMILES string of the molecule is Cc1oc(-c2cccs2)nc1CC(=O)N[C@H](CC(C)C)C(=O)O. The Morgan fingerprint density at radius 2 is 2.17 bits per heavy atom. The molecule has 0 unspecified atom stereocenters. The number of rotatable bonds is 7. The van der Waals surface area contributed by atoms with E-state index in [2.05, 4.69) is 10.3 Å². The molecule has 0 fully saturated rings. The number of oxazole rings is 1. The number of hydrogen-bond acceptors (Lipinski definition) is 5. The van der Waals surface area contributed by atoms with Crippen LogP contribution in [0.5, 0.6) is 0 Å². The first-order chi connectivity index (χ1) is 10.9. The second-order valence-electron chi connectivity index (χ2n) is 5.76. The van der Waals surface area contributed by atoms with Gasteiger partial charge in [0.1, 0.15) is 11.8 Å². The summed E-state index contributed by atoms with van der Waals surface area (Å²) >= 11 is 1.50. The van der Waals surface area contributed by atoms with Crippen LogP contribution < -0.4 is 5.32 Å². The lowest BCUT2D eigenvalue weighted by atomic mass is 10.0. The van der Waals surface area contributed by atoms with Crippen molar-refractivity contribution in [3.05, 3.63) is 29.0 Å². The zero-order valence-electron chi connectivity index (χ0n) is 13.3. The van der Waals surface area contributed by atoms with Gasteiger partial charge in [-0.3, -0.25) is 4.79 Å². The fourth-order valence-corrected chi connectivity index (χ4v) is 2.84. The molecule has 0 saturated heterocycles. The monoisotopic (exact) mass is 336 g/mol. The number of nitrogens with zero attached hydrogens (tertiary/aromatic N) is 1. The van der Waals surface area contributed by atoms with E-state index in [1.54, 1.807) is 6.92 Å². The maximum Gasteiger partial charge on any atom is 0.326 e. The molecular weight excluding hydrogens is 316 g/mol. The number of carboxylic acids is 1. The number of aliphatic carboxylic acids is 1. The molecule has 0 saturated carbocycles. The standard InChI is InChI=1S/C16H20N2O4S/c1-9(2)7-12(16(20)21)17-14(19)8-11-10(3)22-15(18-11)13-5-4-6-23-13/h4-6,9,12H,7-8H2,1-3H3,(H,17,19)(H,20,21)/t12-/m1/s1. The lowest BCUT2D eigenvalue weighted by molar-refractivity contribution is -0.142. The van der Waals surface area contributed by atoms with Crippen LogP contribution in [0.2, 0.25) is 0 Å². The van der Waals surface area contributed by atoms with Gasteiger partial charge in [0.15, 0.2) is 0 Å². The smallest absolute Gasteiger partial charge is 0.326 e. The highest BCUT2D eigenvalue weighted by atomic mass is 32.1. The van der Waals surface area contributed by atoms with E-state index in [4.69, 9.17) is 4.42 Å². The van der Waals surface area contributed by atoms with E-state index in [1.165, 1.54) is 11.3 Å². The first kappa shape index (κ1) is 17.2. The quantitative estimate of drug-likeness (QED) is 0.811. The van der Waals surface area contributed by atoms with Crippen molar-refractivity contribution < 1.29 is 19.1 Å². The van der Waals surface area contributed by atoms with Crippen LogP contribution in [0.15, 0.2) is 21.9 Å². The van der Waals surface area contributed by atoms with E-state index in [9.17, 15) is 14.7 Å². The van der Waals surface area contributed by atoms with Crippen molar-refractivity contribution in [3.63, 3.8) is 0 Å². The Morgan fingerprint density at radius 1 is 1.43 bits per heavy atom. The highest BCUT2D eigenvalue weighted by Crippen LogP contribution is 2.26. The van der Waals surface area contributed by atoms with E-state index in [0.717, 1.165) is 4.88 Å². The fourth-order valence-electron chi connectivity index (χ4n) is 2.19. The molecule has 2 aromatic rings. The van der Waals surface area contributed by atoms with E-state index in [1.807, 2.05) is 31.4 Å². The van der Waals surface area contributed by atoms with Crippen molar-refractivity contribution in [2.24, 2.45) is 5.92 Å². The molecule has 124 valence electrons. The van der Waals surface area contributed by atoms with Gasteiger partial charge in [0.05, 0.1) is 17.0 Å². The van der Waals surface area contributed by atoms with Gasteiger partial charge in [0, 0.05) is 0 Å². The highest BCUT2D eigenvalue weighted by Gasteiger charge is 2.22. The Labute approximate surface area is 138 Å². The van der Waals surface area contributed by atoms with Crippen molar-refractivity contribution >= 4 is 23.2 Å². The van der Waals surface area contributed by atoms with Gasteiger partial charge < -0.3 is 14.8 Å². The number of amides is 1. The Balaban J connectivity index is 2.04. The van der Waals surface area contributed by atoms with Crippen molar-refractivity contribution in [2.75, 3.05) is 0 Å². The molecule has 1 amide bonds. The van der Waals surface area contributed by atoms with Crippen LogP contribution in [-0.2, 0) is 16.0 Å². The molecule has 0 aliphatic rings. The van der Waals surface area contributed by atoms with E-state index in [-0.39, 0.29) is 18.2 Å². The minimum absolute atomic E-state index is 0.00256. The van der Waals surface area contributed by atoms with Crippen molar-refractivity contribution in [3.8, 4) is 10.8 Å². The topological polar surface area (TPSA) is 92.4 Å². The van der Waals surface area contributed by atoms with E-state index in [0.29, 0.717) is 23.8 Å². The van der Waals surface area contributed by atoms with Crippen LogP contribution in [-0.4, -0.2) is 28.0 Å². The summed E-state index contributed by atoms with van der Waals surface area (Å²) in [4.78, 5) is 28.5. The molecule has 23 heavy (non-hydrogen) atoms. The lowest BCUT2D eigenvalue weighted by Gasteiger charge is -2.16. The summed E-state index contributed by atoms with van der Waals surface area (Å²) in [5.41, 5.74) is 0.527. The molecule has 0 aliphatic carbocycles. The molecule has 1 atom stereocenters. The molecule has 2 rings (SSSR count). The first-order valence-corrected chi connectivity index (χ1v) is 8.27. The number of aryl methyl sites for hydroxylation is 1. The summed E-state index contributed by atoms with van der Waals surface area (Å²) in [6, 6.07) is 2.91. The second-order valence-corrected chi connectivity index (χ2v) is 6.71. The molecule has 0 spiro atoms. The van der Waals surface area contributed by atoms with Crippen LogP contribution in [0.1, 0.15) is 31.7 Å². The van der Waals surface area contributed by atoms with Crippen molar-refractivity contribution in [1.29, 1.82) is 0 Å². The van der Waals surface area contributed by atoms with Crippen LogP contribution in [0.4, 0.5) is 0 Å². The molecule has 0 radical (unpaired) electrons. The maximum absolute atomic E-state index is 12.1. The molecule has 2 aromatic heterocycles. The molecule has 7 heteroatoms. The third kappa shape index (κ3) is 4.66. The zero-order chi connectivity index (χ0) is 17.0. The number of hydrogen-bond donors (Lipinski definition) is 2. The summed E-state index contributed by atoms with van der Waals surface area (Å²) in [6.45, 7) is 5.57. The number of carboxylic acid groups (broad SMARTS) is 1. The molecule has 6 nitrogen and oxygen atoms in total. The largest absolute Gasteiger partial charge is 0.480 e. The molecule has 0 bridgehead atoms. The fraction of sp³-hybridized carbons (Fsp3) is 0.438. The Kier molecular flexibility index (Phi) is 5.54. The first-order valence-electron chi connectivity index (χ1n) is 7.39. The molecule has 0 aliphatic heterocycles. The third-order valence-corrected chi connectivity index (χ3v) is 4.15. The molecule has 0 aromatic carbocycles. The minimum atomic E-state index is -1.02. The number of carbonyl (C=O) groups excluding carboxylic acids is 1. The summed E-state index contributed by atoms with van der Waals surface area (Å²) < 4.78 is 5.58. The van der Waals surface area contributed by atoms with Crippen LogP contribution >= 0.6 is 11.3 Å². The van der Waals surface area contributed by atoms with Gasteiger partial charge in [0.2, 0.25) is 11.8 Å².